The highest BCUT2D eigenvalue weighted by Gasteiger charge is 2.22. The lowest BCUT2D eigenvalue weighted by Gasteiger charge is -2.23. The van der Waals surface area contributed by atoms with E-state index in [2.05, 4.69) is 27.0 Å². The first kappa shape index (κ1) is 10.6. The Kier molecular flexibility index (Phi) is 3.33. The number of nitrogens with zero attached hydrogens (tertiary/aromatic N) is 3. The number of nitrogens with one attached hydrogen (secondary N) is 1. The van der Waals surface area contributed by atoms with Crippen molar-refractivity contribution >= 4 is 0 Å². The topological polar surface area (TPSA) is 52.0 Å². The van der Waals surface area contributed by atoms with Gasteiger partial charge >= 0.3 is 0 Å². The first-order valence-corrected chi connectivity index (χ1v) is 5.51. The van der Waals surface area contributed by atoms with Gasteiger partial charge in [0.25, 0.3) is 0 Å². The van der Waals surface area contributed by atoms with Crippen LogP contribution in [0.25, 0.3) is 0 Å². The third-order valence-electron chi connectivity index (χ3n) is 2.83. The van der Waals surface area contributed by atoms with Crippen molar-refractivity contribution in [3.8, 4) is 0 Å². The fourth-order valence-electron chi connectivity index (χ4n) is 2.00. The molecule has 0 aromatic carbocycles. The van der Waals surface area contributed by atoms with Gasteiger partial charge in [0.05, 0.1) is 12.6 Å². The average Bonchev–Trinajstić information content (AvgIpc) is 2.69. The van der Waals surface area contributed by atoms with Gasteiger partial charge in [-0.3, -0.25) is 0 Å². The minimum Gasteiger partial charge on any atom is -0.384 e. The lowest BCUT2D eigenvalue weighted by Crippen LogP contribution is -2.34. The summed E-state index contributed by atoms with van der Waals surface area (Å²) in [4.78, 5) is 0. The molecule has 1 aliphatic heterocycles. The summed E-state index contributed by atoms with van der Waals surface area (Å²) in [7, 11) is 1.71. The molecular formula is C10H18N4O. The summed E-state index contributed by atoms with van der Waals surface area (Å²) in [5.74, 6) is 2.13. The van der Waals surface area contributed by atoms with Crippen molar-refractivity contribution in [1.29, 1.82) is 0 Å². The van der Waals surface area contributed by atoms with Crippen molar-refractivity contribution in [2.24, 2.45) is 0 Å². The second kappa shape index (κ2) is 4.72. The van der Waals surface area contributed by atoms with Crippen molar-refractivity contribution in [2.75, 3.05) is 20.3 Å². The van der Waals surface area contributed by atoms with E-state index in [1.807, 2.05) is 0 Å². The monoisotopic (exact) mass is 210 g/mol. The van der Waals surface area contributed by atoms with Crippen LogP contribution in [0.1, 0.15) is 31.0 Å². The van der Waals surface area contributed by atoms with Gasteiger partial charge in [-0.1, -0.05) is 6.92 Å². The molecule has 5 heteroatoms. The van der Waals surface area contributed by atoms with E-state index in [-0.39, 0.29) is 0 Å². The van der Waals surface area contributed by atoms with E-state index in [1.165, 1.54) is 0 Å². The fraction of sp³-hybridized carbons (Fsp3) is 0.800. The van der Waals surface area contributed by atoms with Gasteiger partial charge in [0, 0.05) is 26.6 Å². The van der Waals surface area contributed by atoms with E-state index >= 15 is 0 Å². The Bertz CT molecular complexity index is 323. The summed E-state index contributed by atoms with van der Waals surface area (Å²) in [6.45, 7) is 4.85. The Labute approximate surface area is 89.8 Å². The quantitative estimate of drug-likeness (QED) is 0.787. The van der Waals surface area contributed by atoms with E-state index in [1.54, 1.807) is 7.11 Å². The maximum atomic E-state index is 5.06. The number of methoxy groups -OCH3 is 1. The molecule has 0 spiro atoms. The second-order valence-electron chi connectivity index (χ2n) is 3.78. The normalized spacial score (nSPS) is 20.3. The smallest absolute Gasteiger partial charge is 0.150 e. The van der Waals surface area contributed by atoms with Gasteiger partial charge < -0.3 is 14.6 Å². The predicted molar refractivity (Wildman–Crippen MR) is 56.6 cm³/mol. The fourth-order valence-corrected chi connectivity index (χ4v) is 2.00. The Morgan fingerprint density at radius 3 is 3.13 bits per heavy atom. The first-order chi connectivity index (χ1) is 7.36. The highest BCUT2D eigenvalue weighted by atomic mass is 16.5. The number of hydrogen-bond donors (Lipinski definition) is 1. The Hall–Kier alpha value is -0.940. The Morgan fingerprint density at radius 1 is 1.53 bits per heavy atom. The standard InChI is InChI=1S/C10H18N4O/c1-3-8-10-13-12-9(4-7-15-2)14(10)6-5-11-8/h8,11H,3-7H2,1-2H3. The average molecular weight is 210 g/mol. The molecule has 0 amide bonds. The molecule has 1 N–H and O–H groups in total. The molecule has 2 heterocycles. The molecule has 0 radical (unpaired) electrons. The number of aromatic nitrogens is 3. The molecule has 84 valence electrons. The van der Waals surface area contributed by atoms with E-state index in [4.69, 9.17) is 4.74 Å². The number of ether oxygens (including phenoxy) is 1. The lowest BCUT2D eigenvalue weighted by molar-refractivity contribution is 0.199. The van der Waals surface area contributed by atoms with Crippen LogP contribution in [0.15, 0.2) is 0 Å². The summed E-state index contributed by atoms with van der Waals surface area (Å²) in [5, 5.41) is 11.9. The molecule has 2 rings (SSSR count). The molecule has 1 aliphatic rings. The van der Waals surface area contributed by atoms with Gasteiger partial charge in [-0.05, 0) is 6.42 Å². The SMILES string of the molecule is CCC1NCCn2c(CCOC)nnc21. The van der Waals surface area contributed by atoms with Crippen LogP contribution >= 0.6 is 0 Å². The molecule has 0 bridgehead atoms. The van der Waals surface area contributed by atoms with E-state index < -0.39 is 0 Å². The predicted octanol–water partition coefficient (Wildman–Crippen LogP) is 0.521. The first-order valence-electron chi connectivity index (χ1n) is 5.51. The van der Waals surface area contributed by atoms with Crippen molar-refractivity contribution < 1.29 is 4.74 Å². The molecule has 0 saturated heterocycles. The van der Waals surface area contributed by atoms with Crippen LogP contribution in [-0.4, -0.2) is 35.0 Å². The van der Waals surface area contributed by atoms with Crippen molar-refractivity contribution in [1.82, 2.24) is 20.1 Å². The summed E-state index contributed by atoms with van der Waals surface area (Å²) < 4.78 is 7.29. The minimum atomic E-state index is 0.363. The zero-order valence-electron chi connectivity index (χ0n) is 9.36. The zero-order valence-corrected chi connectivity index (χ0v) is 9.36. The van der Waals surface area contributed by atoms with Gasteiger partial charge in [0.1, 0.15) is 11.6 Å². The third kappa shape index (κ3) is 2.03. The molecule has 0 aliphatic carbocycles. The minimum absolute atomic E-state index is 0.363. The van der Waals surface area contributed by atoms with Crippen molar-refractivity contribution in [3.05, 3.63) is 11.6 Å². The van der Waals surface area contributed by atoms with Crippen LogP contribution in [0.2, 0.25) is 0 Å². The van der Waals surface area contributed by atoms with E-state index in [0.717, 1.165) is 37.6 Å². The van der Waals surface area contributed by atoms with Crippen LogP contribution in [0.3, 0.4) is 0 Å². The van der Waals surface area contributed by atoms with Crippen LogP contribution in [0, 0.1) is 0 Å². The number of hydrogen-bond acceptors (Lipinski definition) is 4. The molecule has 1 aromatic rings. The molecule has 15 heavy (non-hydrogen) atoms. The summed E-state index contributed by atoms with van der Waals surface area (Å²) >= 11 is 0. The molecule has 0 saturated carbocycles. The Balaban J connectivity index is 2.18. The van der Waals surface area contributed by atoms with Crippen molar-refractivity contribution in [2.45, 2.75) is 32.4 Å². The zero-order chi connectivity index (χ0) is 10.7. The maximum absolute atomic E-state index is 5.06. The number of rotatable bonds is 4. The largest absolute Gasteiger partial charge is 0.384 e. The van der Waals surface area contributed by atoms with Gasteiger partial charge in [0.15, 0.2) is 0 Å². The highest BCUT2D eigenvalue weighted by Crippen LogP contribution is 2.19. The van der Waals surface area contributed by atoms with Crippen LogP contribution in [-0.2, 0) is 17.7 Å². The van der Waals surface area contributed by atoms with Crippen LogP contribution in [0.5, 0.6) is 0 Å². The van der Waals surface area contributed by atoms with Crippen LogP contribution < -0.4 is 5.32 Å². The molecule has 1 unspecified atom stereocenters. The maximum Gasteiger partial charge on any atom is 0.150 e. The number of fused-ring (bicyclic) bond motifs is 1. The third-order valence-corrected chi connectivity index (χ3v) is 2.83. The molecule has 1 atom stereocenters. The van der Waals surface area contributed by atoms with Crippen LogP contribution in [0.4, 0.5) is 0 Å². The van der Waals surface area contributed by atoms with E-state index in [9.17, 15) is 0 Å². The van der Waals surface area contributed by atoms with Crippen molar-refractivity contribution in [3.63, 3.8) is 0 Å². The summed E-state index contributed by atoms with van der Waals surface area (Å²) in [6, 6.07) is 0.363. The lowest BCUT2D eigenvalue weighted by atomic mass is 10.2. The van der Waals surface area contributed by atoms with Gasteiger partial charge in [-0.15, -0.1) is 10.2 Å². The summed E-state index contributed by atoms with van der Waals surface area (Å²) in [6.07, 6.45) is 1.91. The second-order valence-corrected chi connectivity index (χ2v) is 3.78. The molecule has 1 aromatic heterocycles. The Morgan fingerprint density at radius 2 is 2.40 bits per heavy atom. The highest BCUT2D eigenvalue weighted by molar-refractivity contribution is 5.04. The summed E-state index contributed by atoms with van der Waals surface area (Å²) in [5.41, 5.74) is 0. The van der Waals surface area contributed by atoms with Gasteiger partial charge in [0.2, 0.25) is 0 Å². The molecule has 0 fully saturated rings. The molecule has 5 nitrogen and oxygen atoms in total. The van der Waals surface area contributed by atoms with E-state index in [0.29, 0.717) is 12.6 Å². The van der Waals surface area contributed by atoms with Gasteiger partial charge in [-0.2, -0.15) is 0 Å². The molecular weight excluding hydrogens is 192 g/mol. The van der Waals surface area contributed by atoms with Gasteiger partial charge in [-0.25, -0.2) is 0 Å².